The largest absolute Gasteiger partial charge is 0.390 e. The molecule has 4 rings (SSSR count). The molecule has 4 aliphatic carbocycles. The molecule has 0 bridgehead atoms. The minimum Gasteiger partial charge on any atom is -0.390 e. The zero-order valence-corrected chi connectivity index (χ0v) is 17.5. The number of carbonyl (C=O) groups excluding carboxylic acids is 2. The minimum absolute atomic E-state index is 0.0823. The fourth-order valence-electron chi connectivity index (χ4n) is 6.78. The van der Waals surface area contributed by atoms with Gasteiger partial charge >= 0.3 is 0 Å². The monoisotopic (exact) mass is 447 g/mol. The van der Waals surface area contributed by atoms with Gasteiger partial charge in [0.05, 0.1) is 6.10 Å². The van der Waals surface area contributed by atoms with Crippen molar-refractivity contribution in [2.45, 2.75) is 63.5 Å². The number of alkyl halides is 3. The van der Waals surface area contributed by atoms with Crippen LogP contribution in [0.5, 0.6) is 0 Å². The van der Waals surface area contributed by atoms with Crippen LogP contribution in [0.1, 0.15) is 44.1 Å². The Morgan fingerprint density at radius 1 is 1.37 bits per heavy atom. The maximum absolute atomic E-state index is 17.1. The Bertz CT molecular complexity index is 958. The number of carbonyl (C=O) groups is 2. The van der Waals surface area contributed by atoms with E-state index in [9.17, 15) is 24.2 Å². The molecule has 9 atom stereocenters. The summed E-state index contributed by atoms with van der Waals surface area (Å²) in [6.07, 6.45) is -1.34. The molecule has 8 heteroatoms. The van der Waals surface area contributed by atoms with Crippen LogP contribution in [-0.4, -0.2) is 50.7 Å². The summed E-state index contributed by atoms with van der Waals surface area (Å²) in [4.78, 5) is 24.8. The van der Waals surface area contributed by atoms with Crippen molar-refractivity contribution in [2.24, 2.45) is 28.6 Å². The second kappa shape index (κ2) is 6.69. The van der Waals surface area contributed by atoms with Crippen molar-refractivity contribution in [1.82, 2.24) is 0 Å². The first-order chi connectivity index (χ1) is 15.1. The SMILES string of the molecule is [2H]C([2H])([2H])[C@@H]1C[C@H]2[C@@H]3C[C@H](F)C4=CC(=O)C=C[C@]4(C)[C@@]3(F)[C@@H](O)C[C@]2(C)[C@@]1(O)C(=O)SCF. The molecule has 0 spiro atoms. The Balaban J connectivity index is 1.89. The van der Waals surface area contributed by atoms with Gasteiger partial charge in [0.2, 0.25) is 5.12 Å². The summed E-state index contributed by atoms with van der Waals surface area (Å²) in [6.45, 7) is -0.0234. The molecular weight excluding hydrogens is 417 g/mol. The first-order valence-electron chi connectivity index (χ1n) is 11.5. The molecule has 0 radical (unpaired) electrons. The van der Waals surface area contributed by atoms with Crippen LogP contribution in [0.15, 0.2) is 23.8 Å². The fraction of sp³-hybridized carbons (Fsp3) is 0.727. The van der Waals surface area contributed by atoms with Crippen molar-refractivity contribution in [3.05, 3.63) is 23.8 Å². The third-order valence-electron chi connectivity index (χ3n) is 8.38. The van der Waals surface area contributed by atoms with Crippen LogP contribution in [0.4, 0.5) is 13.2 Å². The molecule has 0 amide bonds. The van der Waals surface area contributed by atoms with Gasteiger partial charge in [0, 0.05) is 20.9 Å². The lowest BCUT2D eigenvalue weighted by Crippen LogP contribution is -2.70. The van der Waals surface area contributed by atoms with Crippen molar-refractivity contribution in [3.8, 4) is 0 Å². The van der Waals surface area contributed by atoms with Crippen LogP contribution in [-0.2, 0) is 9.59 Å². The molecule has 0 aromatic heterocycles. The molecular formula is C22H27F3O4S. The standard InChI is InChI=1S/C22H27F3O4S/c1-11-6-13-14-8-16(24)15-7-12(26)4-5-19(15,2)21(14,25)17(27)9-20(13,3)22(11,29)18(28)30-10-23/h4-5,7,11,13-14,16-17,27,29H,6,8-10H2,1-3H3/t11-,13+,14+,16+,17+,19+,20+,21+,22+/m1/s1/i1D3. The Kier molecular flexibility index (Phi) is 4.11. The van der Waals surface area contributed by atoms with E-state index >= 15 is 8.78 Å². The quantitative estimate of drug-likeness (QED) is 0.678. The molecule has 4 nitrogen and oxygen atoms in total. The van der Waals surface area contributed by atoms with Crippen molar-refractivity contribution < 1.29 is 37.1 Å². The summed E-state index contributed by atoms with van der Waals surface area (Å²) in [5.41, 5.74) is -8.41. The highest BCUT2D eigenvalue weighted by molar-refractivity contribution is 8.13. The highest BCUT2D eigenvalue weighted by Gasteiger charge is 2.76. The van der Waals surface area contributed by atoms with Crippen LogP contribution < -0.4 is 0 Å². The molecule has 166 valence electrons. The summed E-state index contributed by atoms with van der Waals surface area (Å²) in [7, 11) is 0. The van der Waals surface area contributed by atoms with Crippen LogP contribution in [0, 0.1) is 28.6 Å². The van der Waals surface area contributed by atoms with Gasteiger partial charge in [0.15, 0.2) is 11.5 Å². The number of rotatable bonds is 2. The van der Waals surface area contributed by atoms with E-state index in [1.165, 1.54) is 19.9 Å². The molecule has 3 fully saturated rings. The Morgan fingerprint density at radius 3 is 2.70 bits per heavy atom. The van der Waals surface area contributed by atoms with Crippen LogP contribution in [0.3, 0.4) is 0 Å². The Labute approximate surface area is 182 Å². The predicted octanol–water partition coefficient (Wildman–Crippen LogP) is 3.47. The lowest BCUT2D eigenvalue weighted by Gasteiger charge is -2.63. The van der Waals surface area contributed by atoms with Crippen LogP contribution >= 0.6 is 11.8 Å². The molecule has 0 heterocycles. The van der Waals surface area contributed by atoms with Crippen molar-refractivity contribution in [3.63, 3.8) is 0 Å². The average Bonchev–Trinajstić information content (AvgIpc) is 2.95. The average molecular weight is 448 g/mol. The maximum Gasteiger partial charge on any atom is 0.223 e. The predicted molar refractivity (Wildman–Crippen MR) is 107 cm³/mol. The topological polar surface area (TPSA) is 74.6 Å². The fourth-order valence-corrected chi connectivity index (χ4v) is 7.48. The van der Waals surface area contributed by atoms with Gasteiger partial charge in [-0.05, 0) is 55.7 Å². The minimum atomic E-state index is -2.83. The summed E-state index contributed by atoms with van der Waals surface area (Å²) < 4.78 is 69.4. The van der Waals surface area contributed by atoms with Crippen molar-refractivity contribution in [2.75, 3.05) is 6.01 Å². The molecule has 4 aliphatic rings. The number of ketones is 1. The first kappa shape index (κ1) is 18.5. The second-order valence-corrected chi connectivity index (χ2v) is 10.3. The maximum atomic E-state index is 17.1. The van der Waals surface area contributed by atoms with E-state index in [0.29, 0.717) is 0 Å². The van der Waals surface area contributed by atoms with Gasteiger partial charge < -0.3 is 10.2 Å². The molecule has 3 saturated carbocycles. The molecule has 0 aromatic rings. The van der Waals surface area contributed by atoms with E-state index in [1.807, 2.05) is 0 Å². The van der Waals surface area contributed by atoms with E-state index in [4.69, 9.17) is 4.11 Å². The summed E-state index contributed by atoms with van der Waals surface area (Å²) in [6, 6.07) is -1.19. The van der Waals surface area contributed by atoms with Crippen molar-refractivity contribution >= 4 is 22.7 Å². The zero-order valence-electron chi connectivity index (χ0n) is 19.7. The number of allylic oxidation sites excluding steroid dienone is 4. The highest BCUT2D eigenvalue weighted by atomic mass is 32.2. The first-order valence-corrected chi connectivity index (χ1v) is 11.0. The number of thioether (sulfide) groups is 1. The van der Waals surface area contributed by atoms with E-state index in [1.54, 1.807) is 0 Å². The van der Waals surface area contributed by atoms with Gasteiger partial charge in [-0.3, -0.25) is 9.59 Å². The molecule has 30 heavy (non-hydrogen) atoms. The van der Waals surface area contributed by atoms with Gasteiger partial charge in [-0.1, -0.05) is 31.6 Å². The highest BCUT2D eigenvalue weighted by Crippen LogP contribution is 2.71. The van der Waals surface area contributed by atoms with Crippen LogP contribution in [0.2, 0.25) is 0 Å². The lowest BCUT2D eigenvalue weighted by molar-refractivity contribution is -0.221. The molecule has 0 aromatic carbocycles. The summed E-state index contributed by atoms with van der Waals surface area (Å²) in [5, 5.41) is 21.7. The lowest BCUT2D eigenvalue weighted by atomic mass is 9.44. The van der Waals surface area contributed by atoms with Gasteiger partial charge in [-0.15, -0.1) is 0 Å². The second-order valence-electron chi connectivity index (χ2n) is 9.45. The van der Waals surface area contributed by atoms with Gasteiger partial charge in [0.25, 0.3) is 0 Å². The van der Waals surface area contributed by atoms with E-state index < -0.39 is 88.7 Å². The number of hydrogen-bond donors (Lipinski definition) is 2. The van der Waals surface area contributed by atoms with Gasteiger partial charge in [-0.25, -0.2) is 13.2 Å². The number of aliphatic hydroxyl groups excluding tert-OH is 1. The van der Waals surface area contributed by atoms with Gasteiger partial charge in [-0.2, -0.15) is 0 Å². The Hall–Kier alpha value is -1.12. The number of aliphatic hydroxyl groups is 2. The van der Waals surface area contributed by atoms with E-state index in [-0.39, 0.29) is 23.8 Å². The normalized spacial score (nSPS) is 54.2. The van der Waals surface area contributed by atoms with Gasteiger partial charge in [0.1, 0.15) is 17.8 Å². The van der Waals surface area contributed by atoms with Crippen LogP contribution in [0.25, 0.3) is 0 Å². The molecule has 0 aliphatic heterocycles. The summed E-state index contributed by atoms with van der Waals surface area (Å²) >= 11 is 0.137. The van der Waals surface area contributed by atoms with Crippen molar-refractivity contribution in [1.29, 1.82) is 0 Å². The third-order valence-corrected chi connectivity index (χ3v) is 9.06. The smallest absolute Gasteiger partial charge is 0.223 e. The number of fused-ring (bicyclic) bond motifs is 5. The number of halogens is 3. The zero-order chi connectivity index (χ0) is 24.8. The van der Waals surface area contributed by atoms with E-state index in [2.05, 4.69) is 0 Å². The van der Waals surface area contributed by atoms with E-state index in [0.717, 1.165) is 12.2 Å². The number of hydrogen-bond acceptors (Lipinski definition) is 5. The Morgan fingerprint density at radius 2 is 2.07 bits per heavy atom. The molecule has 0 unspecified atom stereocenters. The molecule has 2 N–H and O–H groups in total. The molecule has 0 saturated heterocycles. The summed E-state index contributed by atoms with van der Waals surface area (Å²) in [5.74, 6) is -4.35. The third kappa shape index (κ3) is 2.39.